The largest absolute Gasteiger partial charge is 0.461 e. The van der Waals surface area contributed by atoms with Gasteiger partial charge < -0.3 is 9.84 Å². The Hall–Kier alpha value is -2.04. The maximum atomic E-state index is 11.7. The highest BCUT2D eigenvalue weighted by molar-refractivity contribution is 5.69. The van der Waals surface area contributed by atoms with Crippen molar-refractivity contribution in [1.29, 1.82) is 0 Å². The smallest absolute Gasteiger partial charge is 0.306 e. The first-order chi connectivity index (χ1) is 9.76. The van der Waals surface area contributed by atoms with Gasteiger partial charge in [0.1, 0.15) is 6.61 Å². The van der Waals surface area contributed by atoms with Crippen molar-refractivity contribution in [2.45, 2.75) is 25.9 Å². The van der Waals surface area contributed by atoms with Gasteiger partial charge in [0, 0.05) is 18.1 Å². The van der Waals surface area contributed by atoms with E-state index in [1.54, 1.807) is 0 Å². The van der Waals surface area contributed by atoms with E-state index in [2.05, 4.69) is 10.0 Å². The van der Waals surface area contributed by atoms with E-state index in [-0.39, 0.29) is 31.5 Å². The molecule has 20 heavy (non-hydrogen) atoms. The van der Waals surface area contributed by atoms with Crippen LogP contribution < -0.4 is 0 Å². The molecule has 0 aromatic heterocycles. The summed E-state index contributed by atoms with van der Waals surface area (Å²) in [5, 5.41) is 12.6. The van der Waals surface area contributed by atoms with Crippen LogP contribution in [0.2, 0.25) is 0 Å². The molecule has 6 heteroatoms. The van der Waals surface area contributed by atoms with Gasteiger partial charge in [-0.2, -0.15) is 0 Å². The number of ether oxygens (including phenoxy) is 1. The number of esters is 1. The van der Waals surface area contributed by atoms with Crippen LogP contribution in [-0.2, 0) is 16.1 Å². The van der Waals surface area contributed by atoms with Crippen LogP contribution in [0.5, 0.6) is 0 Å². The van der Waals surface area contributed by atoms with Gasteiger partial charge in [-0.1, -0.05) is 35.4 Å². The summed E-state index contributed by atoms with van der Waals surface area (Å²) in [6.45, 7) is 0.555. The average molecular weight is 277 g/mol. The van der Waals surface area contributed by atoms with E-state index >= 15 is 0 Å². The summed E-state index contributed by atoms with van der Waals surface area (Å²) in [5.74, 6) is -0.469. The standard InChI is InChI=1S/C14H19N3O3/c15-17-16-8-4-7-13(10-18)9-14(19)20-11-12-5-2-1-3-6-12/h1-3,5-6,13,18H,4,7-11H2/t13-/m1/s1. The minimum atomic E-state index is -0.323. The molecule has 0 amide bonds. The van der Waals surface area contributed by atoms with Crippen LogP contribution >= 0.6 is 0 Å². The predicted octanol–water partition coefficient (Wildman–Crippen LogP) is 2.82. The number of carbonyl (C=O) groups excluding carboxylic acids is 1. The highest BCUT2D eigenvalue weighted by Gasteiger charge is 2.13. The summed E-state index contributed by atoms with van der Waals surface area (Å²) in [5.41, 5.74) is 9.08. The lowest BCUT2D eigenvalue weighted by Gasteiger charge is -2.12. The van der Waals surface area contributed by atoms with E-state index in [0.717, 1.165) is 5.56 Å². The molecule has 6 nitrogen and oxygen atoms in total. The number of aliphatic hydroxyl groups excluding tert-OH is 1. The van der Waals surface area contributed by atoms with E-state index in [4.69, 9.17) is 10.3 Å². The zero-order valence-electron chi connectivity index (χ0n) is 11.3. The minimum Gasteiger partial charge on any atom is -0.461 e. The molecule has 1 rings (SSSR count). The second-order valence-corrected chi connectivity index (χ2v) is 4.50. The molecule has 0 aliphatic rings. The van der Waals surface area contributed by atoms with Crippen molar-refractivity contribution in [1.82, 2.24) is 0 Å². The van der Waals surface area contributed by atoms with Crippen LogP contribution in [0.25, 0.3) is 10.4 Å². The van der Waals surface area contributed by atoms with Crippen molar-refractivity contribution in [3.8, 4) is 0 Å². The Balaban J connectivity index is 2.26. The molecule has 0 spiro atoms. The van der Waals surface area contributed by atoms with Crippen LogP contribution in [0.4, 0.5) is 0 Å². The fourth-order valence-electron chi connectivity index (χ4n) is 1.79. The fraction of sp³-hybridized carbons (Fsp3) is 0.500. The Morgan fingerprint density at radius 1 is 1.40 bits per heavy atom. The van der Waals surface area contributed by atoms with Gasteiger partial charge >= 0.3 is 5.97 Å². The van der Waals surface area contributed by atoms with Gasteiger partial charge in [0.05, 0.1) is 6.42 Å². The van der Waals surface area contributed by atoms with Crippen molar-refractivity contribution >= 4 is 5.97 Å². The second-order valence-electron chi connectivity index (χ2n) is 4.50. The Kier molecular flexibility index (Phi) is 7.87. The van der Waals surface area contributed by atoms with Crippen LogP contribution in [0, 0.1) is 5.92 Å². The lowest BCUT2D eigenvalue weighted by atomic mass is 10.0. The molecule has 0 aliphatic carbocycles. The van der Waals surface area contributed by atoms with Gasteiger partial charge in [-0.25, -0.2) is 0 Å². The third-order valence-corrected chi connectivity index (χ3v) is 2.89. The molecular formula is C14H19N3O3. The molecule has 0 heterocycles. The van der Waals surface area contributed by atoms with E-state index in [1.165, 1.54) is 0 Å². The monoisotopic (exact) mass is 277 g/mol. The Bertz CT molecular complexity index is 444. The third-order valence-electron chi connectivity index (χ3n) is 2.89. The Labute approximate surface area is 118 Å². The van der Waals surface area contributed by atoms with Crippen molar-refractivity contribution in [3.05, 3.63) is 46.3 Å². The highest BCUT2D eigenvalue weighted by atomic mass is 16.5. The van der Waals surface area contributed by atoms with Crippen LogP contribution in [0.1, 0.15) is 24.8 Å². The summed E-state index contributed by atoms with van der Waals surface area (Å²) in [6.07, 6.45) is 1.47. The van der Waals surface area contributed by atoms with Crippen molar-refractivity contribution in [2.24, 2.45) is 11.0 Å². The lowest BCUT2D eigenvalue weighted by Crippen LogP contribution is -2.15. The Morgan fingerprint density at radius 2 is 2.15 bits per heavy atom. The maximum absolute atomic E-state index is 11.7. The van der Waals surface area contributed by atoms with Crippen LogP contribution in [-0.4, -0.2) is 24.2 Å². The number of aliphatic hydroxyl groups is 1. The number of hydrogen-bond donors (Lipinski definition) is 1. The van der Waals surface area contributed by atoms with E-state index < -0.39 is 0 Å². The number of carbonyl (C=O) groups is 1. The van der Waals surface area contributed by atoms with E-state index in [9.17, 15) is 9.90 Å². The van der Waals surface area contributed by atoms with Gasteiger partial charge in [0.2, 0.25) is 0 Å². The lowest BCUT2D eigenvalue weighted by molar-refractivity contribution is -0.146. The zero-order valence-corrected chi connectivity index (χ0v) is 11.3. The molecule has 1 N–H and O–H groups in total. The highest BCUT2D eigenvalue weighted by Crippen LogP contribution is 2.12. The number of azide groups is 1. The molecule has 1 atom stereocenters. The molecule has 0 radical (unpaired) electrons. The number of hydrogen-bond acceptors (Lipinski definition) is 4. The van der Waals surface area contributed by atoms with Gasteiger partial charge in [-0.3, -0.25) is 4.79 Å². The molecule has 0 aliphatic heterocycles. The van der Waals surface area contributed by atoms with Crippen LogP contribution in [0.3, 0.4) is 0 Å². The predicted molar refractivity (Wildman–Crippen MR) is 74.7 cm³/mol. The van der Waals surface area contributed by atoms with E-state index in [1.807, 2.05) is 30.3 Å². The van der Waals surface area contributed by atoms with Gasteiger partial charge in [-0.15, -0.1) is 0 Å². The number of rotatable bonds is 9. The van der Waals surface area contributed by atoms with Gasteiger partial charge in [0.25, 0.3) is 0 Å². The summed E-state index contributed by atoms with van der Waals surface area (Å²) in [6, 6.07) is 9.44. The molecule has 108 valence electrons. The SMILES string of the molecule is [N-]=[N+]=NCCC[C@@H](CO)CC(=O)OCc1ccccc1. The number of nitrogens with zero attached hydrogens (tertiary/aromatic N) is 3. The molecule has 0 saturated heterocycles. The molecule has 0 unspecified atom stereocenters. The summed E-state index contributed by atoms with van der Waals surface area (Å²) >= 11 is 0. The van der Waals surface area contributed by atoms with Crippen LogP contribution in [0.15, 0.2) is 35.4 Å². The summed E-state index contributed by atoms with van der Waals surface area (Å²) < 4.78 is 5.16. The van der Waals surface area contributed by atoms with Crippen molar-refractivity contribution in [3.63, 3.8) is 0 Å². The Morgan fingerprint density at radius 3 is 2.80 bits per heavy atom. The summed E-state index contributed by atoms with van der Waals surface area (Å²) in [4.78, 5) is 14.3. The molecular weight excluding hydrogens is 258 g/mol. The normalized spacial score (nSPS) is 11.4. The zero-order chi connectivity index (χ0) is 14.6. The molecule has 0 fully saturated rings. The summed E-state index contributed by atoms with van der Waals surface area (Å²) in [7, 11) is 0. The second kappa shape index (κ2) is 9.83. The van der Waals surface area contributed by atoms with Crippen molar-refractivity contribution in [2.75, 3.05) is 13.2 Å². The molecule has 0 saturated carbocycles. The van der Waals surface area contributed by atoms with Crippen molar-refractivity contribution < 1.29 is 14.6 Å². The number of benzene rings is 1. The first-order valence-corrected chi connectivity index (χ1v) is 6.57. The van der Waals surface area contributed by atoms with Gasteiger partial charge in [0.15, 0.2) is 0 Å². The topological polar surface area (TPSA) is 95.3 Å². The quantitative estimate of drug-likeness (QED) is 0.247. The van der Waals surface area contributed by atoms with Gasteiger partial charge in [-0.05, 0) is 29.9 Å². The first kappa shape index (κ1) is 16.0. The van der Waals surface area contributed by atoms with E-state index in [0.29, 0.717) is 19.4 Å². The third kappa shape index (κ3) is 6.78. The molecule has 1 aromatic rings. The molecule has 0 bridgehead atoms. The molecule has 1 aromatic carbocycles. The fourth-order valence-corrected chi connectivity index (χ4v) is 1.79. The minimum absolute atomic E-state index is 0.0727. The average Bonchev–Trinajstić information content (AvgIpc) is 2.49. The maximum Gasteiger partial charge on any atom is 0.306 e. The first-order valence-electron chi connectivity index (χ1n) is 6.57.